The summed E-state index contributed by atoms with van der Waals surface area (Å²) in [5.74, 6) is 0. The van der Waals surface area contributed by atoms with E-state index in [1.165, 1.54) is 16.7 Å². The minimum absolute atomic E-state index is 0.192. The van der Waals surface area contributed by atoms with Crippen molar-refractivity contribution >= 4 is 11.8 Å². The third-order valence-corrected chi connectivity index (χ3v) is 4.15. The molecular formula is C16H19NOS. The number of pyridine rings is 1. The predicted octanol–water partition coefficient (Wildman–Crippen LogP) is 3.78. The zero-order valence-electron chi connectivity index (χ0n) is 11.3. The van der Waals surface area contributed by atoms with E-state index >= 15 is 0 Å². The van der Waals surface area contributed by atoms with Crippen LogP contribution in [0.3, 0.4) is 0 Å². The Hall–Kier alpha value is -1.32. The second-order valence-corrected chi connectivity index (χ2v) is 5.97. The molecule has 0 aliphatic carbocycles. The number of nitrogens with zero attached hydrogens (tertiary/aromatic N) is 1. The van der Waals surface area contributed by atoms with Gasteiger partial charge in [-0.1, -0.05) is 41.6 Å². The summed E-state index contributed by atoms with van der Waals surface area (Å²) in [6, 6.07) is 12.4. The summed E-state index contributed by atoms with van der Waals surface area (Å²) in [7, 11) is 0. The molecule has 0 fully saturated rings. The van der Waals surface area contributed by atoms with Gasteiger partial charge in [0.25, 0.3) is 0 Å². The van der Waals surface area contributed by atoms with Crippen LogP contribution in [0.4, 0.5) is 0 Å². The van der Waals surface area contributed by atoms with Crippen molar-refractivity contribution < 1.29 is 5.11 Å². The number of hydrogen-bond donors (Lipinski definition) is 1. The molecule has 2 nitrogen and oxygen atoms in total. The van der Waals surface area contributed by atoms with Gasteiger partial charge in [0.1, 0.15) is 0 Å². The minimum atomic E-state index is 0.192. The second kappa shape index (κ2) is 6.73. The number of rotatable bonds is 5. The lowest BCUT2D eigenvalue weighted by atomic mass is 10.00. The normalized spacial score (nSPS) is 12.4. The van der Waals surface area contributed by atoms with E-state index in [-0.39, 0.29) is 6.61 Å². The molecule has 1 atom stereocenters. The van der Waals surface area contributed by atoms with Gasteiger partial charge in [-0.2, -0.15) is 0 Å². The van der Waals surface area contributed by atoms with Gasteiger partial charge >= 0.3 is 0 Å². The zero-order chi connectivity index (χ0) is 13.7. The number of aliphatic hydroxyl groups is 1. The van der Waals surface area contributed by atoms with Crippen LogP contribution < -0.4 is 0 Å². The van der Waals surface area contributed by atoms with Crippen molar-refractivity contribution in [1.82, 2.24) is 4.98 Å². The molecular weight excluding hydrogens is 254 g/mol. The highest BCUT2D eigenvalue weighted by Gasteiger charge is 2.12. The Morgan fingerprint density at radius 2 is 2.11 bits per heavy atom. The van der Waals surface area contributed by atoms with E-state index in [1.54, 1.807) is 11.8 Å². The summed E-state index contributed by atoms with van der Waals surface area (Å²) < 4.78 is 0. The van der Waals surface area contributed by atoms with Crippen LogP contribution in [0.5, 0.6) is 0 Å². The molecule has 100 valence electrons. The number of aromatic nitrogens is 1. The van der Waals surface area contributed by atoms with Crippen LogP contribution in [0.15, 0.2) is 47.6 Å². The van der Waals surface area contributed by atoms with Gasteiger partial charge < -0.3 is 5.11 Å². The Bertz CT molecular complexity index is 528. The summed E-state index contributed by atoms with van der Waals surface area (Å²) >= 11 is 1.75. The molecule has 1 heterocycles. The topological polar surface area (TPSA) is 33.1 Å². The van der Waals surface area contributed by atoms with Crippen LogP contribution in [0.1, 0.15) is 28.9 Å². The quantitative estimate of drug-likeness (QED) is 0.842. The van der Waals surface area contributed by atoms with E-state index in [4.69, 9.17) is 5.11 Å². The van der Waals surface area contributed by atoms with Crippen LogP contribution in [0.25, 0.3) is 0 Å². The fourth-order valence-corrected chi connectivity index (χ4v) is 3.09. The smallest absolute Gasteiger partial charge is 0.0965 e. The maximum absolute atomic E-state index is 9.17. The molecule has 0 amide bonds. The summed E-state index contributed by atoms with van der Waals surface area (Å²) in [6.07, 6.45) is 2.53. The zero-order valence-corrected chi connectivity index (χ0v) is 12.2. The minimum Gasteiger partial charge on any atom is -0.396 e. The molecule has 0 spiro atoms. The first kappa shape index (κ1) is 14.1. The fourth-order valence-electron chi connectivity index (χ4n) is 2.10. The average molecular weight is 273 g/mol. The molecule has 0 aliphatic heterocycles. The Kier molecular flexibility index (Phi) is 5.00. The summed E-state index contributed by atoms with van der Waals surface area (Å²) in [5, 5.41) is 10.5. The lowest BCUT2D eigenvalue weighted by Gasteiger charge is -2.16. The lowest BCUT2D eigenvalue weighted by Crippen LogP contribution is -2.00. The van der Waals surface area contributed by atoms with Gasteiger partial charge in [0.2, 0.25) is 0 Å². The van der Waals surface area contributed by atoms with Gasteiger partial charge in [0.15, 0.2) is 0 Å². The van der Waals surface area contributed by atoms with Gasteiger partial charge in [0.05, 0.1) is 5.03 Å². The van der Waals surface area contributed by atoms with E-state index < -0.39 is 0 Å². The Morgan fingerprint density at radius 3 is 2.79 bits per heavy atom. The molecule has 0 bridgehead atoms. The second-order valence-electron chi connectivity index (χ2n) is 4.60. The fraction of sp³-hybridized carbons (Fsp3) is 0.312. The van der Waals surface area contributed by atoms with Gasteiger partial charge in [-0.05, 0) is 43.5 Å². The molecule has 0 saturated heterocycles. The molecule has 0 radical (unpaired) electrons. The lowest BCUT2D eigenvalue weighted by molar-refractivity contribution is 0.299. The molecule has 2 aromatic rings. The van der Waals surface area contributed by atoms with Gasteiger partial charge in [-0.15, -0.1) is 0 Å². The van der Waals surface area contributed by atoms with Crippen molar-refractivity contribution in [1.29, 1.82) is 0 Å². The molecule has 0 saturated carbocycles. The van der Waals surface area contributed by atoms with Crippen LogP contribution in [-0.4, -0.2) is 16.7 Å². The Balaban J connectivity index is 2.22. The molecule has 2 rings (SSSR count). The van der Waals surface area contributed by atoms with Crippen molar-refractivity contribution in [2.24, 2.45) is 0 Å². The summed E-state index contributed by atoms with van der Waals surface area (Å²) in [6.45, 7) is 4.48. The highest BCUT2D eigenvalue weighted by Crippen LogP contribution is 2.35. The van der Waals surface area contributed by atoms with Gasteiger partial charge in [-0.25, -0.2) is 4.98 Å². The van der Waals surface area contributed by atoms with E-state index in [1.807, 2.05) is 24.4 Å². The number of thioether (sulfide) groups is 1. The number of benzene rings is 1. The number of aryl methyl sites for hydroxylation is 1. The first-order chi connectivity index (χ1) is 9.20. The average Bonchev–Trinajstić information content (AvgIpc) is 2.42. The van der Waals surface area contributed by atoms with Crippen LogP contribution in [0, 0.1) is 6.92 Å². The van der Waals surface area contributed by atoms with Crippen LogP contribution in [-0.2, 0) is 6.42 Å². The summed E-state index contributed by atoms with van der Waals surface area (Å²) in [5.41, 5.74) is 3.78. The third-order valence-electron chi connectivity index (χ3n) is 3.06. The maximum Gasteiger partial charge on any atom is 0.0965 e. The number of aliphatic hydroxyl groups excluding tert-OH is 1. The van der Waals surface area contributed by atoms with Gasteiger partial charge in [0, 0.05) is 18.1 Å². The van der Waals surface area contributed by atoms with Crippen LogP contribution in [0.2, 0.25) is 0 Å². The molecule has 1 N–H and O–H groups in total. The largest absolute Gasteiger partial charge is 0.396 e. The Labute approximate surface area is 118 Å². The van der Waals surface area contributed by atoms with Crippen molar-refractivity contribution in [3.63, 3.8) is 0 Å². The number of hydrogen-bond acceptors (Lipinski definition) is 3. The Morgan fingerprint density at radius 1 is 1.26 bits per heavy atom. The first-order valence-corrected chi connectivity index (χ1v) is 7.36. The summed E-state index contributed by atoms with van der Waals surface area (Å²) in [4.78, 5) is 4.36. The highest BCUT2D eigenvalue weighted by molar-refractivity contribution is 7.99. The molecule has 0 aliphatic rings. The first-order valence-electron chi connectivity index (χ1n) is 6.48. The van der Waals surface area contributed by atoms with E-state index in [9.17, 15) is 0 Å². The molecule has 19 heavy (non-hydrogen) atoms. The van der Waals surface area contributed by atoms with Crippen molar-refractivity contribution in [2.75, 3.05) is 6.61 Å². The molecule has 1 aromatic carbocycles. The monoisotopic (exact) mass is 273 g/mol. The van der Waals surface area contributed by atoms with Gasteiger partial charge in [-0.3, -0.25) is 0 Å². The highest BCUT2D eigenvalue weighted by atomic mass is 32.2. The predicted molar refractivity (Wildman–Crippen MR) is 80.5 cm³/mol. The molecule has 1 aromatic heterocycles. The van der Waals surface area contributed by atoms with Crippen molar-refractivity contribution in [2.45, 2.75) is 30.5 Å². The van der Waals surface area contributed by atoms with Crippen molar-refractivity contribution in [3.8, 4) is 0 Å². The van der Waals surface area contributed by atoms with Crippen LogP contribution >= 0.6 is 11.8 Å². The third kappa shape index (κ3) is 3.82. The van der Waals surface area contributed by atoms with E-state index in [0.29, 0.717) is 11.7 Å². The molecule has 3 heteroatoms. The van der Waals surface area contributed by atoms with Crippen molar-refractivity contribution in [3.05, 3.63) is 59.3 Å². The maximum atomic E-state index is 9.17. The van der Waals surface area contributed by atoms with E-state index in [0.717, 1.165) is 5.03 Å². The van der Waals surface area contributed by atoms with E-state index in [2.05, 4.69) is 37.0 Å². The SMILES string of the molecule is Cc1ccc(CCO)c([C@@H](C)Sc2ccccn2)c1. The standard InChI is InChI=1S/C16H19NOS/c1-12-6-7-14(8-10-18)15(11-12)13(2)19-16-5-3-4-9-17-16/h3-7,9,11,13,18H,8,10H2,1-2H3/t13-/m1/s1. The molecule has 0 unspecified atom stereocenters.